The van der Waals surface area contributed by atoms with Gasteiger partial charge >= 0.3 is 0 Å². The smallest absolute Gasteiger partial charge is 0.243 e. The van der Waals surface area contributed by atoms with Crippen LogP contribution in [0.4, 0.5) is 5.88 Å². The standard InChI is InChI=1S/C16H18N4O3S/c1-2-18-16-14(11-17)19-15(23-16)12-5-7-13(8-6-12)24(21,22)20-9-3-4-10-20/h5-8,18H,2-4,9-10H2,1H3. The van der Waals surface area contributed by atoms with Crippen LogP contribution in [0.5, 0.6) is 0 Å². The predicted molar refractivity (Wildman–Crippen MR) is 88.8 cm³/mol. The summed E-state index contributed by atoms with van der Waals surface area (Å²) in [7, 11) is -3.44. The van der Waals surface area contributed by atoms with E-state index in [1.807, 2.05) is 13.0 Å². The predicted octanol–water partition coefficient (Wildman–Crippen LogP) is 2.43. The van der Waals surface area contributed by atoms with E-state index in [-0.39, 0.29) is 16.5 Å². The highest BCUT2D eigenvalue weighted by Crippen LogP contribution is 2.27. The van der Waals surface area contributed by atoms with Crippen LogP contribution < -0.4 is 5.32 Å². The van der Waals surface area contributed by atoms with Crippen LogP contribution in [0.15, 0.2) is 33.6 Å². The first-order valence-corrected chi connectivity index (χ1v) is 9.25. The quantitative estimate of drug-likeness (QED) is 0.892. The van der Waals surface area contributed by atoms with Crippen molar-refractivity contribution < 1.29 is 12.8 Å². The molecule has 1 saturated heterocycles. The topological polar surface area (TPSA) is 99.2 Å². The number of nitrogens with zero attached hydrogens (tertiary/aromatic N) is 3. The number of nitrogens with one attached hydrogen (secondary N) is 1. The van der Waals surface area contributed by atoms with Crippen molar-refractivity contribution >= 4 is 15.9 Å². The van der Waals surface area contributed by atoms with Crippen LogP contribution in [-0.2, 0) is 10.0 Å². The second-order valence-electron chi connectivity index (χ2n) is 5.47. The van der Waals surface area contributed by atoms with E-state index in [1.54, 1.807) is 24.3 Å². The Balaban J connectivity index is 1.88. The van der Waals surface area contributed by atoms with Crippen molar-refractivity contribution in [3.63, 3.8) is 0 Å². The molecule has 2 heterocycles. The van der Waals surface area contributed by atoms with Gasteiger partial charge in [0.25, 0.3) is 0 Å². The number of benzene rings is 1. The molecule has 0 atom stereocenters. The molecule has 0 saturated carbocycles. The molecule has 24 heavy (non-hydrogen) atoms. The Morgan fingerprint density at radius 3 is 2.54 bits per heavy atom. The molecule has 0 amide bonds. The van der Waals surface area contributed by atoms with E-state index in [2.05, 4.69) is 10.3 Å². The van der Waals surface area contributed by atoms with Gasteiger partial charge in [-0.15, -0.1) is 0 Å². The number of aromatic nitrogens is 1. The van der Waals surface area contributed by atoms with Gasteiger partial charge in [-0.25, -0.2) is 8.42 Å². The molecule has 1 aliphatic rings. The SMILES string of the molecule is CCNc1oc(-c2ccc(S(=O)(=O)N3CCCC3)cc2)nc1C#N. The third-order valence-electron chi connectivity index (χ3n) is 3.87. The highest BCUT2D eigenvalue weighted by atomic mass is 32.2. The molecule has 3 rings (SSSR count). The fourth-order valence-corrected chi connectivity index (χ4v) is 4.16. The average Bonchev–Trinajstić information content (AvgIpc) is 3.25. The normalized spacial score (nSPS) is 15.3. The first-order chi connectivity index (χ1) is 11.6. The van der Waals surface area contributed by atoms with Gasteiger partial charge in [-0.1, -0.05) is 0 Å². The van der Waals surface area contributed by atoms with Crippen LogP contribution in [-0.4, -0.2) is 37.3 Å². The Morgan fingerprint density at radius 2 is 1.96 bits per heavy atom. The summed E-state index contributed by atoms with van der Waals surface area (Å²) in [5.74, 6) is 0.608. The number of hydrogen-bond acceptors (Lipinski definition) is 6. The van der Waals surface area contributed by atoms with E-state index in [1.165, 1.54) is 4.31 Å². The Kier molecular flexibility index (Phi) is 4.55. The Labute approximate surface area is 141 Å². The maximum atomic E-state index is 12.5. The summed E-state index contributed by atoms with van der Waals surface area (Å²) < 4.78 is 32.1. The van der Waals surface area contributed by atoms with Crippen LogP contribution in [0.3, 0.4) is 0 Å². The molecule has 0 unspecified atom stereocenters. The van der Waals surface area contributed by atoms with Crippen molar-refractivity contribution in [2.75, 3.05) is 25.0 Å². The number of anilines is 1. The number of nitriles is 1. The third-order valence-corrected chi connectivity index (χ3v) is 5.79. The van der Waals surface area contributed by atoms with Crippen molar-refractivity contribution in [2.24, 2.45) is 0 Å². The fourth-order valence-electron chi connectivity index (χ4n) is 2.65. The molecule has 126 valence electrons. The molecular weight excluding hydrogens is 328 g/mol. The summed E-state index contributed by atoms with van der Waals surface area (Å²) in [6, 6.07) is 8.36. The number of oxazole rings is 1. The number of rotatable bonds is 5. The van der Waals surface area contributed by atoms with E-state index in [4.69, 9.17) is 9.68 Å². The van der Waals surface area contributed by atoms with Crippen molar-refractivity contribution in [1.82, 2.24) is 9.29 Å². The summed E-state index contributed by atoms with van der Waals surface area (Å²) >= 11 is 0. The van der Waals surface area contributed by atoms with Gasteiger partial charge in [-0.05, 0) is 44.0 Å². The molecular formula is C16H18N4O3S. The largest absolute Gasteiger partial charge is 0.419 e. The summed E-state index contributed by atoms with van der Waals surface area (Å²) in [5, 5.41) is 12.0. The Bertz CT molecular complexity index is 860. The molecule has 0 radical (unpaired) electrons. The summed E-state index contributed by atoms with van der Waals surface area (Å²) in [6.07, 6.45) is 1.80. The van der Waals surface area contributed by atoms with Gasteiger partial charge in [0.15, 0.2) is 0 Å². The van der Waals surface area contributed by atoms with Crippen LogP contribution in [0, 0.1) is 11.3 Å². The lowest BCUT2D eigenvalue weighted by Gasteiger charge is -2.15. The lowest BCUT2D eigenvalue weighted by Crippen LogP contribution is -2.27. The summed E-state index contributed by atoms with van der Waals surface area (Å²) in [4.78, 5) is 4.39. The van der Waals surface area contributed by atoms with Crippen molar-refractivity contribution in [3.05, 3.63) is 30.0 Å². The van der Waals surface area contributed by atoms with Crippen LogP contribution >= 0.6 is 0 Å². The maximum Gasteiger partial charge on any atom is 0.243 e. The van der Waals surface area contributed by atoms with Crippen molar-refractivity contribution in [2.45, 2.75) is 24.7 Å². The Hall–Kier alpha value is -2.37. The monoisotopic (exact) mass is 346 g/mol. The lowest BCUT2D eigenvalue weighted by atomic mass is 10.2. The molecule has 8 heteroatoms. The van der Waals surface area contributed by atoms with Crippen LogP contribution in [0.2, 0.25) is 0 Å². The van der Waals surface area contributed by atoms with Crippen molar-refractivity contribution in [1.29, 1.82) is 5.26 Å². The van der Waals surface area contributed by atoms with Gasteiger partial charge in [0.2, 0.25) is 27.5 Å². The minimum absolute atomic E-state index is 0.181. The lowest BCUT2D eigenvalue weighted by molar-refractivity contribution is 0.477. The van der Waals surface area contributed by atoms with E-state index in [9.17, 15) is 8.42 Å². The Morgan fingerprint density at radius 1 is 1.29 bits per heavy atom. The molecule has 1 aliphatic heterocycles. The maximum absolute atomic E-state index is 12.5. The number of sulfonamides is 1. The highest BCUT2D eigenvalue weighted by Gasteiger charge is 2.27. The van der Waals surface area contributed by atoms with Gasteiger partial charge < -0.3 is 9.73 Å². The van der Waals surface area contributed by atoms with Gasteiger partial charge in [0.05, 0.1) is 4.90 Å². The van der Waals surface area contributed by atoms with E-state index in [0.29, 0.717) is 31.1 Å². The molecule has 7 nitrogen and oxygen atoms in total. The molecule has 2 aromatic rings. The molecule has 1 aromatic carbocycles. The zero-order valence-electron chi connectivity index (χ0n) is 13.3. The summed E-state index contributed by atoms with van der Waals surface area (Å²) in [6.45, 7) is 3.64. The molecule has 0 bridgehead atoms. The molecule has 1 fully saturated rings. The van der Waals surface area contributed by atoms with Gasteiger partial charge in [-0.3, -0.25) is 0 Å². The second kappa shape index (κ2) is 6.63. The minimum Gasteiger partial charge on any atom is -0.419 e. The molecule has 0 spiro atoms. The number of hydrogen-bond donors (Lipinski definition) is 1. The first kappa shape index (κ1) is 16.5. The van der Waals surface area contributed by atoms with E-state index in [0.717, 1.165) is 12.8 Å². The molecule has 1 N–H and O–H groups in total. The van der Waals surface area contributed by atoms with Gasteiger partial charge in [-0.2, -0.15) is 14.6 Å². The third kappa shape index (κ3) is 3.00. The van der Waals surface area contributed by atoms with E-state index < -0.39 is 10.0 Å². The van der Waals surface area contributed by atoms with Gasteiger partial charge in [0, 0.05) is 25.2 Å². The molecule has 0 aliphatic carbocycles. The fraction of sp³-hybridized carbons (Fsp3) is 0.375. The minimum atomic E-state index is -3.44. The highest BCUT2D eigenvalue weighted by molar-refractivity contribution is 7.89. The first-order valence-electron chi connectivity index (χ1n) is 7.81. The van der Waals surface area contributed by atoms with Crippen LogP contribution in [0.1, 0.15) is 25.5 Å². The zero-order valence-corrected chi connectivity index (χ0v) is 14.1. The van der Waals surface area contributed by atoms with Crippen LogP contribution in [0.25, 0.3) is 11.5 Å². The average molecular weight is 346 g/mol. The van der Waals surface area contributed by atoms with Gasteiger partial charge in [0.1, 0.15) is 6.07 Å². The van der Waals surface area contributed by atoms with Crippen molar-refractivity contribution in [3.8, 4) is 17.5 Å². The summed E-state index contributed by atoms with van der Waals surface area (Å²) in [5.41, 5.74) is 0.802. The molecule has 1 aromatic heterocycles. The van der Waals surface area contributed by atoms with E-state index >= 15 is 0 Å². The second-order valence-corrected chi connectivity index (χ2v) is 7.41. The zero-order chi connectivity index (χ0) is 17.2.